The molecule has 0 amide bonds. The minimum Gasteiger partial charge on any atom is -0.383 e. The molecule has 6 heteroatoms. The fourth-order valence-electron chi connectivity index (χ4n) is 3.21. The summed E-state index contributed by atoms with van der Waals surface area (Å²) in [6.45, 7) is 3.96. The molecule has 1 aromatic carbocycles. The van der Waals surface area contributed by atoms with Crippen LogP contribution in [0.2, 0.25) is 0 Å². The summed E-state index contributed by atoms with van der Waals surface area (Å²) in [6.07, 6.45) is 7.97. The molecule has 2 rings (SSSR count). The van der Waals surface area contributed by atoms with Crippen LogP contribution in [0, 0.1) is 0 Å². The molecule has 1 fully saturated rings. The molecular formula is C21H36N4O2. The predicted octanol–water partition coefficient (Wildman–Crippen LogP) is 3.15. The van der Waals surface area contributed by atoms with Crippen LogP contribution >= 0.6 is 0 Å². The lowest BCUT2D eigenvalue weighted by atomic mass is 9.98. The fraction of sp³-hybridized carbons (Fsp3) is 0.667. The second kappa shape index (κ2) is 13.4. The van der Waals surface area contributed by atoms with E-state index in [1.165, 1.54) is 37.7 Å². The number of aliphatic imine (C=N–C) groups is 1. The molecule has 0 aliphatic heterocycles. The summed E-state index contributed by atoms with van der Waals surface area (Å²) in [6, 6.07) is 8.41. The zero-order valence-corrected chi connectivity index (χ0v) is 16.9. The largest absolute Gasteiger partial charge is 0.383 e. The molecule has 1 aliphatic rings. The van der Waals surface area contributed by atoms with Crippen LogP contribution in [0.1, 0.15) is 44.1 Å². The van der Waals surface area contributed by atoms with E-state index in [1.54, 1.807) is 14.2 Å². The Kier molecular flexibility index (Phi) is 10.7. The van der Waals surface area contributed by atoms with E-state index in [2.05, 4.69) is 45.2 Å². The molecular weight excluding hydrogens is 340 g/mol. The van der Waals surface area contributed by atoms with Gasteiger partial charge in [-0.2, -0.15) is 0 Å². The van der Waals surface area contributed by atoms with Crippen molar-refractivity contribution in [2.45, 2.75) is 51.2 Å². The predicted molar refractivity (Wildman–Crippen MR) is 112 cm³/mol. The van der Waals surface area contributed by atoms with Crippen molar-refractivity contribution in [3.63, 3.8) is 0 Å². The van der Waals surface area contributed by atoms with Gasteiger partial charge in [0.2, 0.25) is 0 Å². The van der Waals surface area contributed by atoms with Gasteiger partial charge in [0.15, 0.2) is 5.96 Å². The Morgan fingerprint density at radius 3 is 2.52 bits per heavy atom. The molecule has 0 radical (unpaired) electrons. The van der Waals surface area contributed by atoms with Gasteiger partial charge < -0.3 is 25.4 Å². The van der Waals surface area contributed by atoms with E-state index in [9.17, 15) is 0 Å². The van der Waals surface area contributed by atoms with Crippen molar-refractivity contribution in [1.29, 1.82) is 0 Å². The minimum absolute atomic E-state index is 0.489. The topological polar surface area (TPSA) is 66.9 Å². The van der Waals surface area contributed by atoms with Gasteiger partial charge in [0, 0.05) is 46.1 Å². The van der Waals surface area contributed by atoms with E-state index in [0.717, 1.165) is 44.3 Å². The number of methoxy groups -OCH3 is 1. The second-order valence-electron chi connectivity index (χ2n) is 6.95. The Labute approximate surface area is 164 Å². The lowest BCUT2D eigenvalue weighted by Crippen LogP contribution is -2.37. The monoisotopic (exact) mass is 376 g/mol. The van der Waals surface area contributed by atoms with Crippen molar-refractivity contribution in [2.75, 3.05) is 45.8 Å². The van der Waals surface area contributed by atoms with Crippen molar-refractivity contribution in [3.05, 3.63) is 29.8 Å². The number of hydrogen-bond donors (Lipinski definition) is 3. The van der Waals surface area contributed by atoms with E-state index >= 15 is 0 Å². The van der Waals surface area contributed by atoms with E-state index in [1.807, 2.05) is 0 Å². The Hall–Kier alpha value is -1.79. The number of ether oxygens (including phenoxy) is 2. The first-order valence-electron chi connectivity index (χ1n) is 10.2. The number of guanidine groups is 1. The van der Waals surface area contributed by atoms with Crippen LogP contribution in [0.3, 0.4) is 0 Å². The smallest absolute Gasteiger partial charge is 0.191 e. The van der Waals surface area contributed by atoms with E-state index in [4.69, 9.17) is 9.47 Å². The van der Waals surface area contributed by atoms with Crippen LogP contribution in [-0.4, -0.2) is 52.5 Å². The number of hydrogen-bond acceptors (Lipinski definition) is 4. The number of nitrogens with zero attached hydrogens (tertiary/aromatic N) is 1. The first kappa shape index (κ1) is 21.5. The van der Waals surface area contributed by atoms with Crippen LogP contribution in [0.15, 0.2) is 29.3 Å². The van der Waals surface area contributed by atoms with Gasteiger partial charge in [0.25, 0.3) is 0 Å². The quantitative estimate of drug-likeness (QED) is 0.314. The summed E-state index contributed by atoms with van der Waals surface area (Å²) in [4.78, 5) is 4.29. The van der Waals surface area contributed by atoms with Gasteiger partial charge in [0.1, 0.15) is 0 Å². The lowest BCUT2D eigenvalue weighted by molar-refractivity contribution is 0.0277. The van der Waals surface area contributed by atoms with E-state index < -0.39 is 0 Å². The van der Waals surface area contributed by atoms with Crippen LogP contribution in [-0.2, 0) is 16.0 Å². The normalized spacial score (nSPS) is 15.6. The average molecular weight is 377 g/mol. The summed E-state index contributed by atoms with van der Waals surface area (Å²) in [7, 11) is 3.51. The molecule has 0 heterocycles. The number of benzene rings is 1. The molecule has 0 atom stereocenters. The third-order valence-electron chi connectivity index (χ3n) is 4.79. The van der Waals surface area contributed by atoms with Crippen LogP contribution in [0.5, 0.6) is 0 Å². The molecule has 0 saturated heterocycles. The van der Waals surface area contributed by atoms with Crippen molar-refractivity contribution < 1.29 is 9.47 Å². The molecule has 0 aromatic heterocycles. The maximum atomic E-state index is 5.96. The molecule has 27 heavy (non-hydrogen) atoms. The fourth-order valence-corrected chi connectivity index (χ4v) is 3.21. The van der Waals surface area contributed by atoms with Crippen LogP contribution in [0.25, 0.3) is 0 Å². The number of anilines is 1. The standard InChI is InChI=1S/C21H36N4O2/c1-22-21(24-13-6-15-27-20-7-4-3-5-8-20)25-17-18-9-11-19(12-10-18)23-14-16-26-2/h9-12,20,23H,3-8,13-17H2,1-2H3,(H2,22,24,25). The van der Waals surface area contributed by atoms with Gasteiger partial charge in [-0.3, -0.25) is 4.99 Å². The number of nitrogens with one attached hydrogen (secondary N) is 3. The van der Waals surface area contributed by atoms with Crippen molar-refractivity contribution in [2.24, 2.45) is 4.99 Å². The summed E-state index contributed by atoms with van der Waals surface area (Å²) in [5, 5.41) is 10.0. The Balaban J connectivity index is 1.57. The Morgan fingerprint density at radius 2 is 1.81 bits per heavy atom. The molecule has 0 spiro atoms. The highest BCUT2D eigenvalue weighted by atomic mass is 16.5. The zero-order chi connectivity index (χ0) is 19.2. The molecule has 0 unspecified atom stereocenters. The first-order valence-corrected chi connectivity index (χ1v) is 10.2. The summed E-state index contributed by atoms with van der Waals surface area (Å²) < 4.78 is 11.0. The molecule has 1 aliphatic carbocycles. The van der Waals surface area contributed by atoms with Gasteiger partial charge in [0.05, 0.1) is 12.7 Å². The van der Waals surface area contributed by atoms with Gasteiger partial charge in [-0.1, -0.05) is 31.4 Å². The van der Waals surface area contributed by atoms with Crippen molar-refractivity contribution in [3.8, 4) is 0 Å². The number of rotatable bonds is 11. The highest BCUT2D eigenvalue weighted by molar-refractivity contribution is 5.79. The maximum Gasteiger partial charge on any atom is 0.191 e. The molecule has 3 N–H and O–H groups in total. The molecule has 1 aromatic rings. The van der Waals surface area contributed by atoms with Crippen LogP contribution < -0.4 is 16.0 Å². The molecule has 6 nitrogen and oxygen atoms in total. The molecule has 152 valence electrons. The Bertz CT molecular complexity index is 527. The lowest BCUT2D eigenvalue weighted by Gasteiger charge is -2.22. The second-order valence-corrected chi connectivity index (χ2v) is 6.95. The van der Waals surface area contributed by atoms with Crippen LogP contribution in [0.4, 0.5) is 5.69 Å². The molecule has 1 saturated carbocycles. The highest BCUT2D eigenvalue weighted by Crippen LogP contribution is 2.20. The third kappa shape index (κ3) is 9.11. The van der Waals surface area contributed by atoms with E-state index in [0.29, 0.717) is 12.7 Å². The maximum absolute atomic E-state index is 5.96. The van der Waals surface area contributed by atoms with Crippen molar-refractivity contribution in [1.82, 2.24) is 10.6 Å². The first-order chi connectivity index (χ1) is 13.3. The molecule has 0 bridgehead atoms. The van der Waals surface area contributed by atoms with Gasteiger partial charge in [-0.15, -0.1) is 0 Å². The summed E-state index contributed by atoms with van der Waals surface area (Å²) in [5.41, 5.74) is 2.33. The highest BCUT2D eigenvalue weighted by Gasteiger charge is 2.12. The SMILES string of the molecule is CN=C(NCCCOC1CCCCC1)NCc1ccc(NCCOC)cc1. The third-order valence-corrected chi connectivity index (χ3v) is 4.79. The summed E-state index contributed by atoms with van der Waals surface area (Å²) in [5.74, 6) is 0.829. The zero-order valence-electron chi connectivity index (χ0n) is 16.9. The van der Waals surface area contributed by atoms with Gasteiger partial charge >= 0.3 is 0 Å². The Morgan fingerprint density at radius 1 is 1.04 bits per heavy atom. The van der Waals surface area contributed by atoms with Gasteiger partial charge in [-0.05, 0) is 37.0 Å². The van der Waals surface area contributed by atoms with Gasteiger partial charge in [-0.25, -0.2) is 0 Å². The summed E-state index contributed by atoms with van der Waals surface area (Å²) >= 11 is 0. The van der Waals surface area contributed by atoms with E-state index in [-0.39, 0.29) is 0 Å². The average Bonchev–Trinajstić information content (AvgIpc) is 2.72. The van der Waals surface area contributed by atoms with Crippen molar-refractivity contribution >= 4 is 11.6 Å². The minimum atomic E-state index is 0.489.